The average molecular weight is 487 g/mol. The van der Waals surface area contributed by atoms with Gasteiger partial charge < -0.3 is 20.7 Å². The number of benzene rings is 1. The first-order chi connectivity index (χ1) is 16.5. The zero-order chi connectivity index (χ0) is 26.1. The zero-order valence-electron chi connectivity index (χ0n) is 20.1. The van der Waals surface area contributed by atoms with Crippen LogP contribution in [0.15, 0.2) is 36.4 Å². The van der Waals surface area contributed by atoms with Gasteiger partial charge in [-0.05, 0) is 23.6 Å². The van der Waals surface area contributed by atoms with Crippen molar-refractivity contribution in [1.82, 2.24) is 15.5 Å². The van der Waals surface area contributed by atoms with Gasteiger partial charge >= 0.3 is 5.97 Å². The fraction of sp³-hybridized carbons (Fsp3) is 0.417. The Morgan fingerprint density at radius 3 is 2.06 bits per heavy atom. The van der Waals surface area contributed by atoms with Gasteiger partial charge in [-0.15, -0.1) is 0 Å². The molecule has 188 valence electrons. The van der Waals surface area contributed by atoms with Crippen molar-refractivity contribution in [3.8, 4) is 0 Å². The van der Waals surface area contributed by atoms with E-state index in [1.165, 1.54) is 0 Å². The number of ether oxygens (including phenoxy) is 1. The summed E-state index contributed by atoms with van der Waals surface area (Å²) in [5, 5.41) is 7.61. The molecule has 2 rings (SSSR count). The molecular formula is C24H30N4O7. The molecule has 3 N–H and O–H groups in total. The molecule has 0 aromatic heterocycles. The number of amides is 5. The van der Waals surface area contributed by atoms with Crippen LogP contribution in [0.3, 0.4) is 0 Å². The van der Waals surface area contributed by atoms with E-state index in [9.17, 15) is 28.8 Å². The summed E-state index contributed by atoms with van der Waals surface area (Å²) in [5.41, 5.74) is 1.25. The highest BCUT2D eigenvalue weighted by Gasteiger charge is 2.29. The van der Waals surface area contributed by atoms with Crippen LogP contribution in [0, 0.1) is 11.8 Å². The molecule has 0 spiro atoms. The zero-order valence-corrected chi connectivity index (χ0v) is 20.1. The van der Waals surface area contributed by atoms with E-state index in [-0.39, 0.29) is 31.0 Å². The third-order valence-corrected chi connectivity index (χ3v) is 4.98. The molecule has 1 heterocycles. The van der Waals surface area contributed by atoms with Crippen molar-refractivity contribution in [2.45, 2.75) is 40.3 Å². The molecule has 0 bridgehead atoms. The molecule has 5 amide bonds. The van der Waals surface area contributed by atoms with Gasteiger partial charge in [-0.2, -0.15) is 0 Å². The first-order valence-corrected chi connectivity index (χ1v) is 11.1. The van der Waals surface area contributed by atoms with Gasteiger partial charge in [-0.3, -0.25) is 33.7 Å². The molecule has 1 unspecified atom stereocenters. The molecular weight excluding hydrogens is 456 g/mol. The van der Waals surface area contributed by atoms with E-state index in [4.69, 9.17) is 4.74 Å². The third-order valence-electron chi connectivity index (χ3n) is 4.98. The average Bonchev–Trinajstić information content (AvgIpc) is 3.12. The van der Waals surface area contributed by atoms with Crippen LogP contribution in [0.5, 0.6) is 0 Å². The van der Waals surface area contributed by atoms with Gasteiger partial charge in [0.25, 0.3) is 11.8 Å². The summed E-state index contributed by atoms with van der Waals surface area (Å²) in [4.78, 5) is 72.6. The van der Waals surface area contributed by atoms with E-state index in [2.05, 4.69) is 16.0 Å². The molecule has 0 saturated carbocycles. The molecule has 0 saturated heterocycles. The Balaban J connectivity index is 1.81. The normalized spacial score (nSPS) is 13.7. The highest BCUT2D eigenvalue weighted by molar-refractivity contribution is 6.14. The molecule has 11 heteroatoms. The van der Waals surface area contributed by atoms with Crippen LogP contribution >= 0.6 is 0 Å². The number of hydrogen-bond donors (Lipinski definition) is 3. The Bertz CT molecular complexity index is 997. The highest BCUT2D eigenvalue weighted by Crippen LogP contribution is 2.11. The first-order valence-electron chi connectivity index (χ1n) is 11.1. The number of esters is 1. The lowest BCUT2D eigenvalue weighted by Gasteiger charge is -2.23. The van der Waals surface area contributed by atoms with Crippen molar-refractivity contribution in [1.29, 1.82) is 0 Å². The number of hydrogen-bond acceptors (Lipinski definition) is 7. The van der Waals surface area contributed by atoms with Crippen LogP contribution in [0.1, 0.15) is 33.3 Å². The minimum atomic E-state index is -0.969. The Hall–Kier alpha value is -4.02. The van der Waals surface area contributed by atoms with Gasteiger partial charge in [0.1, 0.15) is 19.2 Å². The number of rotatable bonds is 11. The van der Waals surface area contributed by atoms with Crippen LogP contribution in [0.4, 0.5) is 5.69 Å². The topological polar surface area (TPSA) is 151 Å². The summed E-state index contributed by atoms with van der Waals surface area (Å²) in [6, 6.07) is 5.73. The summed E-state index contributed by atoms with van der Waals surface area (Å²) >= 11 is 0. The number of anilines is 1. The monoisotopic (exact) mass is 486 g/mol. The van der Waals surface area contributed by atoms with Crippen molar-refractivity contribution >= 4 is 41.2 Å². The fourth-order valence-corrected chi connectivity index (χ4v) is 2.97. The summed E-state index contributed by atoms with van der Waals surface area (Å²) in [6.07, 6.45) is 2.13. The molecule has 0 fully saturated rings. The van der Waals surface area contributed by atoms with Crippen molar-refractivity contribution in [3.05, 3.63) is 42.0 Å². The van der Waals surface area contributed by atoms with Crippen LogP contribution in [-0.4, -0.2) is 59.5 Å². The van der Waals surface area contributed by atoms with Crippen molar-refractivity contribution < 1.29 is 33.5 Å². The second-order valence-electron chi connectivity index (χ2n) is 8.61. The fourth-order valence-electron chi connectivity index (χ4n) is 2.97. The second-order valence-corrected chi connectivity index (χ2v) is 8.61. The molecule has 1 aliphatic rings. The Morgan fingerprint density at radius 1 is 0.914 bits per heavy atom. The maximum Gasteiger partial charge on any atom is 0.308 e. The van der Waals surface area contributed by atoms with E-state index in [1.54, 1.807) is 52.0 Å². The molecule has 1 aromatic carbocycles. The SMILES string of the molecule is CC(C)C(=O)OCc1ccc(NC(=O)CNC(=O)C(NC(=O)CN2C(=O)C=CC2=O)C(C)C)cc1. The number of carbonyl (C=O) groups excluding carboxylic acids is 6. The smallest absolute Gasteiger partial charge is 0.308 e. The van der Waals surface area contributed by atoms with E-state index in [0.717, 1.165) is 22.6 Å². The number of nitrogens with zero attached hydrogens (tertiary/aromatic N) is 1. The lowest BCUT2D eigenvalue weighted by atomic mass is 10.0. The van der Waals surface area contributed by atoms with Gasteiger partial charge in [0.2, 0.25) is 17.7 Å². The van der Waals surface area contributed by atoms with Gasteiger partial charge in [0, 0.05) is 17.8 Å². The van der Waals surface area contributed by atoms with Crippen LogP contribution in [-0.2, 0) is 40.1 Å². The molecule has 1 aromatic rings. The molecule has 35 heavy (non-hydrogen) atoms. The maximum atomic E-state index is 12.6. The van der Waals surface area contributed by atoms with E-state index >= 15 is 0 Å². The Kier molecular flexibility index (Phi) is 9.68. The predicted molar refractivity (Wildman–Crippen MR) is 125 cm³/mol. The minimum Gasteiger partial charge on any atom is -0.461 e. The maximum absolute atomic E-state index is 12.6. The summed E-state index contributed by atoms with van der Waals surface area (Å²) in [6.45, 7) is 6.19. The Morgan fingerprint density at radius 2 is 1.51 bits per heavy atom. The third kappa shape index (κ3) is 8.36. The van der Waals surface area contributed by atoms with Crippen LogP contribution in [0.25, 0.3) is 0 Å². The van der Waals surface area contributed by atoms with Gasteiger partial charge in [0.15, 0.2) is 0 Å². The highest BCUT2D eigenvalue weighted by atomic mass is 16.5. The number of nitrogens with one attached hydrogen (secondary N) is 3. The van der Waals surface area contributed by atoms with Crippen molar-refractivity contribution in [2.24, 2.45) is 11.8 Å². The number of imide groups is 1. The van der Waals surface area contributed by atoms with E-state index in [0.29, 0.717) is 5.69 Å². The number of carbonyl (C=O) groups is 6. The lowest BCUT2D eigenvalue weighted by Crippen LogP contribution is -2.53. The standard InChI is InChI=1S/C24H30N4O7/c1-14(2)22(27-19(30)12-28-20(31)9-10-21(28)32)23(33)25-11-18(29)26-17-7-5-16(6-8-17)13-35-24(34)15(3)4/h5-10,14-15,22H,11-13H2,1-4H3,(H,25,33)(H,26,29)(H,27,30). The minimum absolute atomic E-state index is 0.125. The van der Waals surface area contributed by atoms with Crippen LogP contribution in [0.2, 0.25) is 0 Å². The quantitative estimate of drug-likeness (QED) is 0.304. The predicted octanol–water partition coefficient (Wildman–Crippen LogP) is 0.506. The first kappa shape index (κ1) is 27.2. The van der Waals surface area contributed by atoms with Gasteiger partial charge in [-0.25, -0.2) is 0 Å². The summed E-state index contributed by atoms with van der Waals surface area (Å²) < 4.78 is 5.15. The second kappa shape index (κ2) is 12.4. The van der Waals surface area contributed by atoms with E-state index in [1.807, 2.05) is 0 Å². The molecule has 0 radical (unpaired) electrons. The molecule has 11 nitrogen and oxygen atoms in total. The van der Waals surface area contributed by atoms with Gasteiger partial charge in [-0.1, -0.05) is 39.8 Å². The molecule has 1 aliphatic heterocycles. The molecule has 0 aliphatic carbocycles. The largest absolute Gasteiger partial charge is 0.461 e. The van der Waals surface area contributed by atoms with E-state index < -0.39 is 42.1 Å². The summed E-state index contributed by atoms with van der Waals surface area (Å²) in [5.74, 6) is -3.77. The van der Waals surface area contributed by atoms with Crippen molar-refractivity contribution in [2.75, 3.05) is 18.4 Å². The Labute approximate surface area is 203 Å². The molecule has 1 atom stereocenters. The van der Waals surface area contributed by atoms with Crippen LogP contribution < -0.4 is 16.0 Å². The summed E-state index contributed by atoms with van der Waals surface area (Å²) in [7, 11) is 0. The van der Waals surface area contributed by atoms with Gasteiger partial charge in [0.05, 0.1) is 12.5 Å². The lowest BCUT2D eigenvalue weighted by molar-refractivity contribution is -0.148. The van der Waals surface area contributed by atoms with Crippen molar-refractivity contribution in [3.63, 3.8) is 0 Å².